The summed E-state index contributed by atoms with van der Waals surface area (Å²) in [6.07, 6.45) is 4.55. The molecule has 0 heterocycles. The minimum absolute atomic E-state index is 0.233. The van der Waals surface area contributed by atoms with Crippen molar-refractivity contribution >= 4 is 9.84 Å². The number of sulfone groups is 1. The van der Waals surface area contributed by atoms with E-state index in [4.69, 9.17) is 0 Å². The fourth-order valence-corrected chi connectivity index (χ4v) is 6.18. The quantitative estimate of drug-likeness (QED) is 0.186. The second-order valence-electron chi connectivity index (χ2n) is 9.03. The van der Waals surface area contributed by atoms with E-state index in [1.54, 1.807) is 0 Å². The van der Waals surface area contributed by atoms with Crippen molar-refractivity contribution in [2.24, 2.45) is 0 Å². The summed E-state index contributed by atoms with van der Waals surface area (Å²) in [6.45, 7) is 2.22. The van der Waals surface area contributed by atoms with Crippen LogP contribution in [-0.4, -0.2) is 80.3 Å². The summed E-state index contributed by atoms with van der Waals surface area (Å²) in [4.78, 5) is -3.12. The third-order valence-corrected chi connectivity index (χ3v) is 8.76. The second-order valence-corrected chi connectivity index (χ2v) is 11.3. The summed E-state index contributed by atoms with van der Waals surface area (Å²) in [7, 11) is -4.46. The zero-order chi connectivity index (χ0) is 23.5. The van der Waals surface area contributed by atoms with Crippen LogP contribution in [-0.2, 0) is 9.84 Å². The molecule has 0 radical (unpaired) electrons. The zero-order valence-corrected chi connectivity index (χ0v) is 19.7. The van der Waals surface area contributed by atoms with Crippen LogP contribution >= 0.6 is 0 Å². The Bertz CT molecular complexity index is 566. The number of aliphatic hydroxyl groups excluding tert-OH is 5. The van der Waals surface area contributed by atoms with E-state index >= 15 is 0 Å². The minimum atomic E-state index is -4.46. The van der Waals surface area contributed by atoms with E-state index in [0.29, 0.717) is 6.42 Å². The molecule has 1 rings (SSSR count). The van der Waals surface area contributed by atoms with E-state index in [-0.39, 0.29) is 6.42 Å². The van der Waals surface area contributed by atoms with Crippen LogP contribution in [0.15, 0.2) is 0 Å². The Labute approximate surface area is 187 Å². The van der Waals surface area contributed by atoms with Gasteiger partial charge in [-0.25, -0.2) is 8.42 Å². The molecular weight excluding hydrogens is 424 g/mol. The van der Waals surface area contributed by atoms with Crippen LogP contribution < -0.4 is 0 Å². The van der Waals surface area contributed by atoms with Crippen molar-refractivity contribution < 1.29 is 39.1 Å². The van der Waals surface area contributed by atoms with Crippen molar-refractivity contribution in [2.75, 3.05) is 5.75 Å². The number of unbranched alkanes of at least 4 members (excludes halogenated alkanes) is 13. The van der Waals surface area contributed by atoms with Crippen molar-refractivity contribution in [1.29, 1.82) is 0 Å². The SMILES string of the molecule is CCCCCCCCCCCCCCCCS(=O)(=O)[C@]1(O)[C@H](O)[C@@H](O)[C@H](O)[C@H](O)[C@@H]1O. The molecule has 0 aromatic heterocycles. The highest BCUT2D eigenvalue weighted by atomic mass is 32.2. The lowest BCUT2D eigenvalue weighted by molar-refractivity contribution is -0.238. The maximum absolute atomic E-state index is 12.6. The highest BCUT2D eigenvalue weighted by Crippen LogP contribution is 2.35. The third kappa shape index (κ3) is 7.91. The smallest absolute Gasteiger partial charge is 0.223 e. The highest BCUT2D eigenvalue weighted by Gasteiger charge is 2.64. The fourth-order valence-electron chi connectivity index (χ4n) is 4.26. The van der Waals surface area contributed by atoms with E-state index in [0.717, 1.165) is 19.3 Å². The topological polar surface area (TPSA) is 156 Å². The first-order valence-corrected chi connectivity index (χ1v) is 13.6. The van der Waals surface area contributed by atoms with Gasteiger partial charge in [-0.15, -0.1) is 0 Å². The molecule has 9 heteroatoms. The van der Waals surface area contributed by atoms with Gasteiger partial charge in [0.05, 0.1) is 5.75 Å². The van der Waals surface area contributed by atoms with Gasteiger partial charge in [-0.05, 0) is 6.42 Å². The van der Waals surface area contributed by atoms with Crippen molar-refractivity contribution in [2.45, 2.75) is 132 Å². The molecule has 0 spiro atoms. The third-order valence-electron chi connectivity index (χ3n) is 6.46. The molecular formula is C22H44O8S. The molecule has 31 heavy (non-hydrogen) atoms. The van der Waals surface area contributed by atoms with Crippen molar-refractivity contribution in [3.63, 3.8) is 0 Å². The number of hydrogen-bond donors (Lipinski definition) is 6. The zero-order valence-electron chi connectivity index (χ0n) is 18.9. The Balaban J connectivity index is 2.23. The van der Waals surface area contributed by atoms with Crippen molar-refractivity contribution in [1.82, 2.24) is 0 Å². The first-order chi connectivity index (χ1) is 14.6. The van der Waals surface area contributed by atoms with E-state index in [2.05, 4.69) is 6.92 Å². The lowest BCUT2D eigenvalue weighted by Crippen LogP contribution is -2.73. The summed E-state index contributed by atoms with van der Waals surface area (Å²) in [5.74, 6) is -0.495. The molecule has 186 valence electrons. The molecule has 1 aliphatic carbocycles. The number of rotatable bonds is 16. The molecule has 1 fully saturated rings. The summed E-state index contributed by atoms with van der Waals surface area (Å²) >= 11 is 0. The molecule has 0 aromatic carbocycles. The van der Waals surface area contributed by atoms with E-state index in [1.807, 2.05) is 0 Å². The predicted octanol–water partition coefficient (Wildman–Crippen LogP) is 1.39. The molecule has 8 nitrogen and oxygen atoms in total. The lowest BCUT2D eigenvalue weighted by Gasteiger charge is -2.46. The Morgan fingerprint density at radius 2 is 0.903 bits per heavy atom. The average Bonchev–Trinajstić information content (AvgIpc) is 2.75. The highest BCUT2D eigenvalue weighted by molar-refractivity contribution is 7.92. The van der Waals surface area contributed by atoms with Gasteiger partial charge in [-0.3, -0.25) is 0 Å². The largest absolute Gasteiger partial charge is 0.387 e. The average molecular weight is 469 g/mol. The predicted molar refractivity (Wildman–Crippen MR) is 119 cm³/mol. The van der Waals surface area contributed by atoms with Gasteiger partial charge in [0.15, 0.2) is 9.84 Å². The summed E-state index contributed by atoms with van der Waals surface area (Å²) in [5.41, 5.74) is 0. The lowest BCUT2D eigenvalue weighted by atomic mass is 9.84. The first kappa shape index (κ1) is 28.7. The fraction of sp³-hybridized carbons (Fsp3) is 1.00. The van der Waals surface area contributed by atoms with Gasteiger partial charge in [0.2, 0.25) is 4.93 Å². The molecule has 0 saturated heterocycles. The van der Waals surface area contributed by atoms with Gasteiger partial charge in [-0.2, -0.15) is 0 Å². The van der Waals surface area contributed by atoms with Crippen LogP contribution in [0.25, 0.3) is 0 Å². The van der Waals surface area contributed by atoms with Gasteiger partial charge < -0.3 is 30.6 Å². The Morgan fingerprint density at radius 3 is 1.26 bits per heavy atom. The summed E-state index contributed by atoms with van der Waals surface area (Å²) < 4.78 is 25.1. The van der Waals surface area contributed by atoms with Crippen LogP contribution in [0.5, 0.6) is 0 Å². The van der Waals surface area contributed by atoms with Gasteiger partial charge in [0, 0.05) is 0 Å². The Morgan fingerprint density at radius 1 is 0.581 bits per heavy atom. The van der Waals surface area contributed by atoms with Crippen molar-refractivity contribution in [3.05, 3.63) is 0 Å². The van der Waals surface area contributed by atoms with Gasteiger partial charge in [-0.1, -0.05) is 90.4 Å². The molecule has 0 aromatic rings. The van der Waals surface area contributed by atoms with Gasteiger partial charge >= 0.3 is 0 Å². The maximum Gasteiger partial charge on any atom is 0.223 e. The van der Waals surface area contributed by atoms with Gasteiger partial charge in [0.25, 0.3) is 0 Å². The van der Waals surface area contributed by atoms with Crippen LogP contribution in [0.3, 0.4) is 0 Å². The first-order valence-electron chi connectivity index (χ1n) is 12.0. The molecule has 0 aliphatic heterocycles. The number of hydrogen-bond acceptors (Lipinski definition) is 8. The normalized spacial score (nSPS) is 31.8. The molecule has 6 N–H and O–H groups in total. The molecule has 0 bridgehead atoms. The Kier molecular flexibility index (Phi) is 13.1. The monoisotopic (exact) mass is 468 g/mol. The van der Waals surface area contributed by atoms with Crippen molar-refractivity contribution in [3.8, 4) is 0 Å². The Hall–Kier alpha value is -0.290. The molecule has 6 atom stereocenters. The molecule has 1 saturated carbocycles. The van der Waals surface area contributed by atoms with E-state index in [9.17, 15) is 39.1 Å². The van der Waals surface area contributed by atoms with Crippen LogP contribution in [0.4, 0.5) is 0 Å². The standard InChI is InChI=1S/C22H44O8S/c1-2-3-4-5-6-7-8-9-10-11-12-13-14-15-16-31(29,30)22(28)20(26)18(24)17(23)19(25)21(22)27/h17-21,23-28H,2-16H2,1H3/t17-,18-,19-,20+,21-,22+/m0/s1. The number of aliphatic hydroxyl groups is 6. The minimum Gasteiger partial charge on any atom is -0.387 e. The van der Waals surface area contributed by atoms with Crippen LogP contribution in [0.1, 0.15) is 96.8 Å². The van der Waals surface area contributed by atoms with E-state index < -0.39 is 51.0 Å². The maximum atomic E-state index is 12.6. The van der Waals surface area contributed by atoms with E-state index in [1.165, 1.54) is 57.8 Å². The molecule has 0 amide bonds. The van der Waals surface area contributed by atoms with Gasteiger partial charge in [0.1, 0.15) is 30.5 Å². The summed E-state index contributed by atoms with van der Waals surface area (Å²) in [6, 6.07) is 0. The molecule has 1 aliphatic rings. The molecule has 0 unspecified atom stereocenters. The second kappa shape index (κ2) is 14.1. The summed E-state index contributed by atoms with van der Waals surface area (Å²) in [5, 5.41) is 59.5. The van der Waals surface area contributed by atoms with Crippen LogP contribution in [0.2, 0.25) is 0 Å². The van der Waals surface area contributed by atoms with Crippen LogP contribution in [0, 0.1) is 0 Å².